The third-order valence-electron chi connectivity index (χ3n) is 8.81. The van der Waals surface area contributed by atoms with Gasteiger partial charge in [0.25, 0.3) is 5.91 Å². The van der Waals surface area contributed by atoms with E-state index in [4.69, 9.17) is 0 Å². The first kappa shape index (κ1) is 21.2. The SMILES string of the molecule is Cc1sc(C)c(C(=O)NC2CC3(CCC3C)C2)c1Cc1ccc(C2CCCCC2)cc1. The van der Waals surface area contributed by atoms with Gasteiger partial charge in [0, 0.05) is 15.8 Å². The topological polar surface area (TPSA) is 29.1 Å². The Balaban J connectivity index is 1.27. The lowest BCUT2D eigenvalue weighted by molar-refractivity contribution is -0.0599. The molecule has 3 aliphatic rings. The summed E-state index contributed by atoms with van der Waals surface area (Å²) in [6.07, 6.45) is 12.8. The van der Waals surface area contributed by atoms with Crippen molar-refractivity contribution in [2.45, 2.75) is 96.9 Å². The summed E-state index contributed by atoms with van der Waals surface area (Å²) in [4.78, 5) is 15.7. The summed E-state index contributed by atoms with van der Waals surface area (Å²) < 4.78 is 0. The van der Waals surface area contributed by atoms with E-state index in [-0.39, 0.29) is 5.91 Å². The van der Waals surface area contributed by atoms with Crippen LogP contribution >= 0.6 is 11.3 Å². The maximum Gasteiger partial charge on any atom is 0.252 e. The van der Waals surface area contributed by atoms with Crippen LogP contribution in [0.25, 0.3) is 0 Å². The minimum absolute atomic E-state index is 0.155. The molecule has 31 heavy (non-hydrogen) atoms. The molecule has 3 aliphatic carbocycles. The van der Waals surface area contributed by atoms with E-state index < -0.39 is 0 Å². The third-order valence-corrected chi connectivity index (χ3v) is 9.87. The lowest BCUT2D eigenvalue weighted by Gasteiger charge is -2.58. The van der Waals surface area contributed by atoms with Gasteiger partial charge in [0.2, 0.25) is 0 Å². The molecule has 1 atom stereocenters. The summed E-state index contributed by atoms with van der Waals surface area (Å²) >= 11 is 1.78. The highest BCUT2D eigenvalue weighted by atomic mass is 32.1. The summed E-state index contributed by atoms with van der Waals surface area (Å²) in [5.74, 6) is 1.75. The minimum Gasteiger partial charge on any atom is -0.349 e. The molecule has 0 saturated heterocycles. The maximum absolute atomic E-state index is 13.2. The van der Waals surface area contributed by atoms with Crippen molar-refractivity contribution in [1.82, 2.24) is 5.32 Å². The predicted octanol–water partition coefficient (Wildman–Crippen LogP) is 7.31. The van der Waals surface area contributed by atoms with Crippen LogP contribution in [0.15, 0.2) is 24.3 Å². The Kier molecular flexibility index (Phi) is 5.75. The molecule has 1 unspecified atom stereocenters. The van der Waals surface area contributed by atoms with Crippen molar-refractivity contribution in [1.29, 1.82) is 0 Å². The summed E-state index contributed by atoms with van der Waals surface area (Å²) in [6, 6.07) is 9.65. The van der Waals surface area contributed by atoms with Crippen LogP contribution in [0, 0.1) is 25.2 Å². The smallest absolute Gasteiger partial charge is 0.252 e. The molecule has 2 aromatic rings. The van der Waals surface area contributed by atoms with Crippen molar-refractivity contribution in [2.24, 2.45) is 11.3 Å². The van der Waals surface area contributed by atoms with Crippen LogP contribution in [-0.2, 0) is 6.42 Å². The van der Waals surface area contributed by atoms with Crippen LogP contribution in [0.1, 0.15) is 107 Å². The minimum atomic E-state index is 0.155. The number of aryl methyl sites for hydroxylation is 2. The normalized spacial score (nSPS) is 28.2. The largest absolute Gasteiger partial charge is 0.349 e. The zero-order valence-electron chi connectivity index (χ0n) is 19.4. The molecule has 3 heteroatoms. The predicted molar refractivity (Wildman–Crippen MR) is 130 cm³/mol. The Bertz CT molecular complexity index is 944. The molecule has 3 saturated carbocycles. The fourth-order valence-electron chi connectivity index (χ4n) is 6.52. The average Bonchev–Trinajstić information content (AvgIpc) is 3.03. The first-order valence-electron chi connectivity index (χ1n) is 12.4. The van der Waals surface area contributed by atoms with E-state index in [0.717, 1.165) is 28.7 Å². The lowest BCUT2D eigenvalue weighted by atomic mass is 9.49. The van der Waals surface area contributed by atoms with Gasteiger partial charge in [-0.05, 0) is 92.7 Å². The molecule has 0 bridgehead atoms. The molecule has 3 fully saturated rings. The zero-order chi connectivity index (χ0) is 21.6. The van der Waals surface area contributed by atoms with Gasteiger partial charge in [0.15, 0.2) is 0 Å². The Morgan fingerprint density at radius 3 is 2.35 bits per heavy atom. The second-order valence-electron chi connectivity index (χ2n) is 10.7. The van der Waals surface area contributed by atoms with E-state index in [9.17, 15) is 4.79 Å². The van der Waals surface area contributed by atoms with E-state index >= 15 is 0 Å². The summed E-state index contributed by atoms with van der Waals surface area (Å²) in [5.41, 5.74) is 5.56. The number of hydrogen-bond donors (Lipinski definition) is 1. The first-order valence-corrected chi connectivity index (χ1v) is 13.3. The van der Waals surface area contributed by atoms with Crippen LogP contribution in [0.2, 0.25) is 0 Å². The Morgan fingerprint density at radius 2 is 1.74 bits per heavy atom. The van der Waals surface area contributed by atoms with Crippen molar-refractivity contribution in [3.63, 3.8) is 0 Å². The Morgan fingerprint density at radius 1 is 1.03 bits per heavy atom. The van der Waals surface area contributed by atoms with Crippen molar-refractivity contribution in [3.05, 3.63) is 56.3 Å². The number of carbonyl (C=O) groups is 1. The van der Waals surface area contributed by atoms with E-state index in [1.165, 1.54) is 79.4 Å². The number of hydrogen-bond acceptors (Lipinski definition) is 2. The van der Waals surface area contributed by atoms with Gasteiger partial charge in [-0.3, -0.25) is 4.79 Å². The van der Waals surface area contributed by atoms with Gasteiger partial charge in [-0.15, -0.1) is 11.3 Å². The number of nitrogens with one attached hydrogen (secondary N) is 1. The molecule has 1 aromatic heterocycles. The Labute approximate surface area is 191 Å². The maximum atomic E-state index is 13.2. The lowest BCUT2D eigenvalue weighted by Crippen LogP contribution is -2.57. The second kappa shape index (κ2) is 8.39. The molecule has 166 valence electrons. The van der Waals surface area contributed by atoms with Crippen molar-refractivity contribution in [2.75, 3.05) is 0 Å². The van der Waals surface area contributed by atoms with E-state index in [0.29, 0.717) is 11.5 Å². The first-order chi connectivity index (χ1) is 14.9. The number of rotatable bonds is 5. The molecular formula is C28H37NOS. The van der Waals surface area contributed by atoms with Gasteiger partial charge in [0.05, 0.1) is 5.56 Å². The van der Waals surface area contributed by atoms with Gasteiger partial charge in [0.1, 0.15) is 0 Å². The van der Waals surface area contributed by atoms with E-state index in [1.807, 2.05) is 0 Å². The molecule has 1 heterocycles. The molecule has 1 N–H and O–H groups in total. The molecule has 1 aromatic carbocycles. The van der Waals surface area contributed by atoms with Crippen molar-refractivity contribution in [3.8, 4) is 0 Å². The van der Waals surface area contributed by atoms with Gasteiger partial charge in [-0.1, -0.05) is 50.5 Å². The number of carbonyl (C=O) groups excluding carboxylic acids is 1. The number of benzene rings is 1. The van der Waals surface area contributed by atoms with E-state index in [1.54, 1.807) is 11.3 Å². The van der Waals surface area contributed by atoms with Gasteiger partial charge >= 0.3 is 0 Å². The van der Waals surface area contributed by atoms with E-state index in [2.05, 4.69) is 50.4 Å². The highest BCUT2D eigenvalue weighted by Crippen LogP contribution is 2.59. The number of thiophene rings is 1. The summed E-state index contributed by atoms with van der Waals surface area (Å²) in [7, 11) is 0. The average molecular weight is 436 g/mol. The zero-order valence-corrected chi connectivity index (χ0v) is 20.2. The van der Waals surface area contributed by atoms with Crippen LogP contribution in [-0.4, -0.2) is 11.9 Å². The molecule has 5 rings (SSSR count). The van der Waals surface area contributed by atoms with Gasteiger partial charge < -0.3 is 5.32 Å². The number of amides is 1. The molecule has 1 spiro atoms. The Hall–Kier alpha value is -1.61. The molecule has 2 nitrogen and oxygen atoms in total. The van der Waals surface area contributed by atoms with Crippen LogP contribution in [0.5, 0.6) is 0 Å². The van der Waals surface area contributed by atoms with Crippen LogP contribution < -0.4 is 5.32 Å². The molecule has 0 aliphatic heterocycles. The fraction of sp³-hybridized carbons (Fsp3) is 0.607. The second-order valence-corrected chi connectivity index (χ2v) is 12.1. The van der Waals surface area contributed by atoms with Crippen molar-refractivity contribution < 1.29 is 4.79 Å². The van der Waals surface area contributed by atoms with Gasteiger partial charge in [-0.25, -0.2) is 0 Å². The summed E-state index contributed by atoms with van der Waals surface area (Å²) in [5, 5.41) is 3.38. The monoisotopic (exact) mass is 435 g/mol. The quantitative estimate of drug-likeness (QED) is 0.524. The fourth-order valence-corrected chi connectivity index (χ4v) is 7.59. The standard InChI is InChI=1S/C28H37NOS/c1-18-13-14-28(18)16-24(17-28)29-27(30)26-20(3)31-19(2)25(26)15-21-9-11-23(12-10-21)22-7-5-4-6-8-22/h9-12,18,22,24H,4-8,13-17H2,1-3H3,(H,29,30). The van der Waals surface area contributed by atoms with Crippen LogP contribution in [0.3, 0.4) is 0 Å². The van der Waals surface area contributed by atoms with Crippen LogP contribution in [0.4, 0.5) is 0 Å². The molecule has 0 radical (unpaired) electrons. The molecule has 1 amide bonds. The van der Waals surface area contributed by atoms with Gasteiger partial charge in [-0.2, -0.15) is 0 Å². The highest BCUT2D eigenvalue weighted by Gasteiger charge is 2.53. The third kappa shape index (κ3) is 3.99. The highest BCUT2D eigenvalue weighted by molar-refractivity contribution is 7.12. The summed E-state index contributed by atoms with van der Waals surface area (Å²) in [6.45, 7) is 6.67. The molecular weight excluding hydrogens is 398 g/mol. The van der Waals surface area contributed by atoms with Crippen molar-refractivity contribution >= 4 is 17.2 Å².